The Bertz CT molecular complexity index is 1220. The Hall–Kier alpha value is -2.54. The van der Waals surface area contributed by atoms with Crippen molar-refractivity contribution in [3.05, 3.63) is 94.1 Å². The van der Waals surface area contributed by atoms with Gasteiger partial charge >= 0.3 is 0 Å². The van der Waals surface area contributed by atoms with Crippen molar-refractivity contribution < 1.29 is 4.79 Å². The first-order valence-corrected chi connectivity index (χ1v) is 11.8. The molecule has 0 atom stereocenters. The van der Waals surface area contributed by atoms with E-state index in [4.69, 9.17) is 5.73 Å². The minimum absolute atomic E-state index is 0.0972. The van der Waals surface area contributed by atoms with E-state index in [1.54, 1.807) is 11.8 Å². The Morgan fingerprint density at radius 1 is 1.06 bits per heavy atom. The van der Waals surface area contributed by atoms with Crippen LogP contribution in [-0.4, -0.2) is 23.6 Å². The fourth-order valence-corrected chi connectivity index (χ4v) is 5.08. The van der Waals surface area contributed by atoms with Gasteiger partial charge in [-0.25, -0.2) is 0 Å². The number of nitrogens with one attached hydrogen (secondary N) is 1. The molecular weight excluding hydrogens is 470 g/mol. The SMILES string of the molecule is Cc1c(Sc2cccc(C(=O)NCCN)c2)c2ccc(Br)cc2n1Cc1ccccc1. The van der Waals surface area contributed by atoms with Gasteiger partial charge < -0.3 is 15.6 Å². The predicted molar refractivity (Wildman–Crippen MR) is 132 cm³/mol. The Labute approximate surface area is 195 Å². The molecule has 4 nitrogen and oxygen atoms in total. The highest BCUT2D eigenvalue weighted by Crippen LogP contribution is 2.39. The lowest BCUT2D eigenvalue weighted by atomic mass is 10.2. The van der Waals surface area contributed by atoms with Gasteiger partial charge in [-0.05, 0) is 42.8 Å². The molecule has 0 saturated heterocycles. The van der Waals surface area contributed by atoms with Crippen molar-refractivity contribution in [2.45, 2.75) is 23.3 Å². The molecule has 1 amide bonds. The monoisotopic (exact) mass is 493 g/mol. The summed E-state index contributed by atoms with van der Waals surface area (Å²) < 4.78 is 3.41. The summed E-state index contributed by atoms with van der Waals surface area (Å²) in [6.45, 7) is 3.87. The number of benzene rings is 3. The van der Waals surface area contributed by atoms with Gasteiger partial charge in [-0.3, -0.25) is 4.79 Å². The number of hydrogen-bond donors (Lipinski definition) is 2. The fourth-order valence-electron chi connectivity index (χ4n) is 3.62. The molecule has 4 aromatic rings. The van der Waals surface area contributed by atoms with Crippen LogP contribution in [-0.2, 0) is 6.54 Å². The van der Waals surface area contributed by atoms with E-state index >= 15 is 0 Å². The van der Waals surface area contributed by atoms with Gasteiger partial charge in [0.05, 0.1) is 5.52 Å². The van der Waals surface area contributed by atoms with E-state index in [2.05, 4.69) is 75.2 Å². The maximum Gasteiger partial charge on any atom is 0.251 e. The number of carbonyl (C=O) groups is 1. The number of carbonyl (C=O) groups excluding carboxylic acids is 1. The van der Waals surface area contributed by atoms with Crippen LogP contribution in [0.3, 0.4) is 0 Å². The Kier molecular flexibility index (Phi) is 6.80. The van der Waals surface area contributed by atoms with Crippen LogP contribution in [0.15, 0.2) is 87.1 Å². The summed E-state index contributed by atoms with van der Waals surface area (Å²) in [6.07, 6.45) is 0. The zero-order valence-corrected chi connectivity index (χ0v) is 19.7. The molecule has 0 unspecified atom stereocenters. The third kappa shape index (κ3) is 4.87. The molecule has 0 spiro atoms. The average molecular weight is 494 g/mol. The van der Waals surface area contributed by atoms with Crippen molar-refractivity contribution in [1.29, 1.82) is 0 Å². The maximum atomic E-state index is 12.3. The normalized spacial score (nSPS) is 11.1. The minimum atomic E-state index is -0.0972. The van der Waals surface area contributed by atoms with Gasteiger partial charge in [0.1, 0.15) is 0 Å². The van der Waals surface area contributed by atoms with Crippen LogP contribution >= 0.6 is 27.7 Å². The lowest BCUT2D eigenvalue weighted by Crippen LogP contribution is -2.28. The summed E-state index contributed by atoms with van der Waals surface area (Å²) in [6, 6.07) is 24.6. The average Bonchev–Trinajstić information content (AvgIpc) is 3.03. The first kappa shape index (κ1) is 21.7. The van der Waals surface area contributed by atoms with Crippen molar-refractivity contribution >= 4 is 44.5 Å². The summed E-state index contributed by atoms with van der Waals surface area (Å²) in [5.74, 6) is -0.0972. The molecule has 3 N–H and O–H groups in total. The molecule has 158 valence electrons. The molecule has 0 bridgehead atoms. The van der Waals surface area contributed by atoms with Gasteiger partial charge in [0, 0.05) is 50.5 Å². The fraction of sp³-hybridized carbons (Fsp3) is 0.160. The topological polar surface area (TPSA) is 60.1 Å². The Morgan fingerprint density at radius 3 is 2.65 bits per heavy atom. The van der Waals surface area contributed by atoms with Gasteiger partial charge in [-0.15, -0.1) is 0 Å². The molecular formula is C25H24BrN3OS. The highest BCUT2D eigenvalue weighted by Gasteiger charge is 2.16. The van der Waals surface area contributed by atoms with E-state index in [1.807, 2.05) is 30.3 Å². The van der Waals surface area contributed by atoms with E-state index in [1.165, 1.54) is 27.1 Å². The molecule has 4 rings (SSSR count). The molecule has 1 heterocycles. The minimum Gasteiger partial charge on any atom is -0.351 e. The van der Waals surface area contributed by atoms with Crippen molar-refractivity contribution in [3.63, 3.8) is 0 Å². The van der Waals surface area contributed by atoms with Gasteiger partial charge in [-0.1, -0.05) is 70.2 Å². The smallest absolute Gasteiger partial charge is 0.251 e. The second-order valence-electron chi connectivity index (χ2n) is 7.32. The van der Waals surface area contributed by atoms with Crippen LogP contribution in [0, 0.1) is 6.92 Å². The quantitative estimate of drug-likeness (QED) is 0.352. The van der Waals surface area contributed by atoms with Crippen LogP contribution in [0.5, 0.6) is 0 Å². The van der Waals surface area contributed by atoms with Crippen molar-refractivity contribution in [2.24, 2.45) is 5.73 Å². The number of nitrogens with two attached hydrogens (primary N) is 1. The van der Waals surface area contributed by atoms with E-state index < -0.39 is 0 Å². The summed E-state index contributed by atoms with van der Waals surface area (Å²) >= 11 is 5.32. The van der Waals surface area contributed by atoms with Crippen LogP contribution in [0.4, 0.5) is 0 Å². The summed E-state index contributed by atoms with van der Waals surface area (Å²) in [5.41, 5.74) is 9.81. The largest absolute Gasteiger partial charge is 0.351 e. The van der Waals surface area contributed by atoms with E-state index in [0.717, 1.165) is 15.9 Å². The first-order chi connectivity index (χ1) is 15.1. The van der Waals surface area contributed by atoms with Crippen LogP contribution in [0.1, 0.15) is 21.6 Å². The van der Waals surface area contributed by atoms with E-state index in [-0.39, 0.29) is 5.91 Å². The second-order valence-corrected chi connectivity index (χ2v) is 9.32. The summed E-state index contributed by atoms with van der Waals surface area (Å²) in [5, 5.41) is 4.04. The zero-order valence-electron chi connectivity index (χ0n) is 17.3. The third-order valence-electron chi connectivity index (χ3n) is 5.16. The van der Waals surface area contributed by atoms with Gasteiger partial charge in [0.15, 0.2) is 0 Å². The Morgan fingerprint density at radius 2 is 1.87 bits per heavy atom. The predicted octanol–water partition coefficient (Wildman–Crippen LogP) is 5.60. The number of fused-ring (bicyclic) bond motifs is 1. The number of hydrogen-bond acceptors (Lipinski definition) is 3. The molecule has 0 aliphatic rings. The number of amides is 1. The van der Waals surface area contributed by atoms with Gasteiger partial charge in [0.25, 0.3) is 5.91 Å². The molecule has 3 aromatic carbocycles. The van der Waals surface area contributed by atoms with Crippen molar-refractivity contribution in [3.8, 4) is 0 Å². The van der Waals surface area contributed by atoms with Crippen LogP contribution in [0.25, 0.3) is 10.9 Å². The molecule has 0 saturated carbocycles. The highest BCUT2D eigenvalue weighted by atomic mass is 79.9. The second kappa shape index (κ2) is 9.73. The molecule has 0 aliphatic carbocycles. The van der Waals surface area contributed by atoms with E-state index in [0.29, 0.717) is 18.7 Å². The third-order valence-corrected chi connectivity index (χ3v) is 6.86. The molecule has 31 heavy (non-hydrogen) atoms. The molecule has 0 radical (unpaired) electrons. The first-order valence-electron chi connectivity index (χ1n) is 10.2. The lowest BCUT2D eigenvalue weighted by Gasteiger charge is -2.09. The highest BCUT2D eigenvalue weighted by molar-refractivity contribution is 9.10. The lowest BCUT2D eigenvalue weighted by molar-refractivity contribution is 0.0954. The van der Waals surface area contributed by atoms with Crippen LogP contribution in [0.2, 0.25) is 0 Å². The van der Waals surface area contributed by atoms with E-state index in [9.17, 15) is 4.79 Å². The number of aromatic nitrogens is 1. The zero-order chi connectivity index (χ0) is 21.8. The summed E-state index contributed by atoms with van der Waals surface area (Å²) in [4.78, 5) is 14.6. The van der Waals surface area contributed by atoms with Crippen molar-refractivity contribution in [1.82, 2.24) is 9.88 Å². The van der Waals surface area contributed by atoms with Crippen molar-refractivity contribution in [2.75, 3.05) is 13.1 Å². The molecule has 0 aliphatic heterocycles. The molecule has 6 heteroatoms. The van der Waals surface area contributed by atoms with Gasteiger partial charge in [0.2, 0.25) is 0 Å². The van der Waals surface area contributed by atoms with Gasteiger partial charge in [-0.2, -0.15) is 0 Å². The number of halogens is 1. The Balaban J connectivity index is 1.72. The number of rotatable bonds is 7. The molecule has 0 fully saturated rings. The maximum absolute atomic E-state index is 12.3. The standard InChI is InChI=1S/C25H24BrN3OS/c1-17-24(31-21-9-5-8-19(14-21)25(30)28-13-12-27)22-11-10-20(26)15-23(22)29(17)16-18-6-3-2-4-7-18/h2-11,14-15H,12-13,16,27H2,1H3,(H,28,30). The number of nitrogens with zero attached hydrogens (tertiary/aromatic N) is 1. The van der Waals surface area contributed by atoms with Crippen LogP contribution < -0.4 is 11.1 Å². The molecule has 1 aromatic heterocycles. The summed E-state index contributed by atoms with van der Waals surface area (Å²) in [7, 11) is 0.